The fourth-order valence-electron chi connectivity index (χ4n) is 3.86. The molecule has 1 amide bonds. The van der Waals surface area contributed by atoms with Gasteiger partial charge >= 0.3 is 0 Å². The lowest BCUT2D eigenvalue weighted by Crippen LogP contribution is -2.25. The number of aryl methyl sites for hydroxylation is 2. The Bertz CT molecular complexity index is 1050. The highest BCUT2D eigenvalue weighted by molar-refractivity contribution is 5.92. The van der Waals surface area contributed by atoms with E-state index in [0.717, 1.165) is 55.7 Å². The quantitative estimate of drug-likeness (QED) is 0.257. The maximum atomic E-state index is 11.7. The van der Waals surface area contributed by atoms with E-state index in [0.29, 0.717) is 24.6 Å². The molecule has 0 fully saturated rings. The molecule has 1 N–H and O–H groups in total. The molecule has 0 spiro atoms. The maximum absolute atomic E-state index is 11.7. The second kappa shape index (κ2) is 12.2. The van der Waals surface area contributed by atoms with Crippen LogP contribution in [-0.2, 0) is 17.8 Å². The van der Waals surface area contributed by atoms with Gasteiger partial charge in [0.1, 0.15) is 11.6 Å². The Morgan fingerprint density at radius 3 is 2.61 bits per heavy atom. The molecule has 0 saturated carbocycles. The molecule has 1 unspecified atom stereocenters. The number of aromatic nitrogens is 2. The van der Waals surface area contributed by atoms with Gasteiger partial charge in [0.05, 0.1) is 17.6 Å². The SMILES string of the molecule is C=C(C)C(=O)NCCCc1nc2ccccc2n1CCCCOc1ccc(C(C)CC)cc1. The number of carbonyl (C=O) groups excluding carboxylic acids is 1. The summed E-state index contributed by atoms with van der Waals surface area (Å²) in [4.78, 5) is 16.5. The highest BCUT2D eigenvalue weighted by Crippen LogP contribution is 2.22. The summed E-state index contributed by atoms with van der Waals surface area (Å²) in [6, 6.07) is 16.8. The molecule has 5 nitrogen and oxygen atoms in total. The number of nitrogens with one attached hydrogen (secondary N) is 1. The summed E-state index contributed by atoms with van der Waals surface area (Å²) in [5.41, 5.74) is 4.09. The van der Waals surface area contributed by atoms with Crippen molar-refractivity contribution in [2.75, 3.05) is 13.2 Å². The van der Waals surface area contributed by atoms with Crippen LogP contribution in [0.4, 0.5) is 0 Å². The minimum atomic E-state index is -0.0852. The number of imidazole rings is 1. The minimum absolute atomic E-state index is 0.0852. The van der Waals surface area contributed by atoms with Crippen LogP contribution < -0.4 is 10.1 Å². The van der Waals surface area contributed by atoms with Crippen molar-refractivity contribution in [2.24, 2.45) is 0 Å². The molecule has 2 aromatic carbocycles. The van der Waals surface area contributed by atoms with Gasteiger partial charge in [0, 0.05) is 25.1 Å². The van der Waals surface area contributed by atoms with Crippen molar-refractivity contribution < 1.29 is 9.53 Å². The minimum Gasteiger partial charge on any atom is -0.494 e. The van der Waals surface area contributed by atoms with Crippen molar-refractivity contribution in [1.82, 2.24) is 14.9 Å². The Morgan fingerprint density at radius 1 is 1.12 bits per heavy atom. The number of ether oxygens (including phenoxy) is 1. The first-order valence-corrected chi connectivity index (χ1v) is 12.1. The average Bonchev–Trinajstić information content (AvgIpc) is 3.18. The van der Waals surface area contributed by atoms with Crippen molar-refractivity contribution in [1.29, 1.82) is 0 Å². The van der Waals surface area contributed by atoms with Gasteiger partial charge in [0.15, 0.2) is 0 Å². The topological polar surface area (TPSA) is 56.2 Å². The van der Waals surface area contributed by atoms with Crippen LogP contribution in [0, 0.1) is 0 Å². The zero-order valence-corrected chi connectivity index (χ0v) is 20.3. The highest BCUT2D eigenvalue weighted by atomic mass is 16.5. The van der Waals surface area contributed by atoms with Crippen molar-refractivity contribution in [3.8, 4) is 5.75 Å². The Balaban J connectivity index is 1.50. The van der Waals surface area contributed by atoms with Gasteiger partial charge < -0.3 is 14.6 Å². The van der Waals surface area contributed by atoms with Crippen molar-refractivity contribution in [2.45, 2.75) is 65.3 Å². The number of hydrogen-bond donors (Lipinski definition) is 1. The molecule has 0 aliphatic carbocycles. The molecular weight excluding hydrogens is 410 g/mol. The zero-order chi connectivity index (χ0) is 23.6. The summed E-state index contributed by atoms with van der Waals surface area (Å²) >= 11 is 0. The zero-order valence-electron chi connectivity index (χ0n) is 20.3. The monoisotopic (exact) mass is 447 g/mol. The fraction of sp³-hybridized carbons (Fsp3) is 0.429. The first-order chi connectivity index (χ1) is 16.0. The van der Waals surface area contributed by atoms with Crippen LogP contribution in [0.25, 0.3) is 11.0 Å². The number of benzene rings is 2. The number of nitrogens with zero attached hydrogens (tertiary/aromatic N) is 2. The summed E-state index contributed by atoms with van der Waals surface area (Å²) in [6.07, 6.45) is 4.81. The molecule has 0 aliphatic rings. The molecule has 3 rings (SSSR count). The van der Waals surface area contributed by atoms with Gasteiger partial charge in [-0.3, -0.25) is 4.79 Å². The number of hydrogen-bond acceptors (Lipinski definition) is 3. The van der Waals surface area contributed by atoms with E-state index < -0.39 is 0 Å². The molecule has 1 aromatic heterocycles. The van der Waals surface area contributed by atoms with Gasteiger partial charge in [0.2, 0.25) is 5.91 Å². The van der Waals surface area contributed by atoms with E-state index in [2.05, 4.69) is 72.8 Å². The van der Waals surface area contributed by atoms with Crippen LogP contribution in [-0.4, -0.2) is 28.6 Å². The van der Waals surface area contributed by atoms with Crippen LogP contribution in [0.2, 0.25) is 0 Å². The molecule has 3 aromatic rings. The lowest BCUT2D eigenvalue weighted by Gasteiger charge is -2.12. The summed E-state index contributed by atoms with van der Waals surface area (Å²) in [7, 11) is 0. The van der Waals surface area contributed by atoms with Gasteiger partial charge in [-0.25, -0.2) is 4.98 Å². The van der Waals surface area contributed by atoms with E-state index in [1.807, 2.05) is 6.07 Å². The van der Waals surface area contributed by atoms with E-state index in [9.17, 15) is 4.79 Å². The van der Waals surface area contributed by atoms with Crippen LogP contribution in [0.15, 0.2) is 60.7 Å². The fourth-order valence-corrected chi connectivity index (χ4v) is 3.86. The molecule has 0 aliphatic heterocycles. The Labute approximate surface area is 197 Å². The molecule has 176 valence electrons. The van der Waals surface area contributed by atoms with Gasteiger partial charge in [-0.15, -0.1) is 0 Å². The third kappa shape index (κ3) is 6.95. The second-order valence-electron chi connectivity index (χ2n) is 8.74. The molecule has 0 bridgehead atoms. The van der Waals surface area contributed by atoms with Gasteiger partial charge in [-0.2, -0.15) is 0 Å². The maximum Gasteiger partial charge on any atom is 0.246 e. The predicted molar refractivity (Wildman–Crippen MR) is 136 cm³/mol. The third-order valence-corrected chi connectivity index (χ3v) is 6.09. The molecule has 1 atom stereocenters. The lowest BCUT2D eigenvalue weighted by atomic mass is 9.99. The third-order valence-electron chi connectivity index (χ3n) is 6.09. The average molecular weight is 448 g/mol. The van der Waals surface area contributed by atoms with Gasteiger partial charge in [-0.05, 0) is 68.4 Å². The highest BCUT2D eigenvalue weighted by Gasteiger charge is 2.10. The van der Waals surface area contributed by atoms with Crippen LogP contribution >= 0.6 is 0 Å². The van der Waals surface area contributed by atoms with Gasteiger partial charge in [-0.1, -0.05) is 44.7 Å². The van der Waals surface area contributed by atoms with Crippen molar-refractivity contribution >= 4 is 16.9 Å². The number of unbranched alkanes of at least 4 members (excludes halogenated alkanes) is 1. The molecule has 33 heavy (non-hydrogen) atoms. The Morgan fingerprint density at radius 2 is 1.88 bits per heavy atom. The van der Waals surface area contributed by atoms with E-state index in [-0.39, 0.29) is 5.91 Å². The number of amides is 1. The largest absolute Gasteiger partial charge is 0.494 e. The standard InChI is InChI=1S/C28H37N3O2/c1-5-22(4)23-14-16-24(17-15-23)33-20-9-8-19-31-26-12-7-6-11-25(26)30-27(31)13-10-18-29-28(32)21(2)3/h6-7,11-12,14-17,22H,2,5,8-10,13,18-20H2,1,3-4H3,(H,29,32). The number of carbonyl (C=O) groups is 1. The molecular formula is C28H37N3O2. The number of fused-ring (bicyclic) bond motifs is 1. The molecule has 5 heteroatoms. The second-order valence-corrected chi connectivity index (χ2v) is 8.74. The first-order valence-electron chi connectivity index (χ1n) is 12.1. The molecule has 0 saturated heterocycles. The summed E-state index contributed by atoms with van der Waals surface area (Å²) in [5, 5.41) is 2.90. The molecule has 0 radical (unpaired) electrons. The summed E-state index contributed by atoms with van der Waals surface area (Å²) in [5.74, 6) is 2.51. The Kier molecular flexibility index (Phi) is 9.11. The van der Waals surface area contributed by atoms with E-state index in [4.69, 9.17) is 9.72 Å². The van der Waals surface area contributed by atoms with Crippen LogP contribution in [0.3, 0.4) is 0 Å². The number of rotatable bonds is 13. The van der Waals surface area contributed by atoms with Crippen LogP contribution in [0.5, 0.6) is 5.75 Å². The number of para-hydroxylation sites is 2. The summed E-state index contributed by atoms with van der Waals surface area (Å²) < 4.78 is 8.28. The lowest BCUT2D eigenvalue weighted by molar-refractivity contribution is -0.117. The Hall–Kier alpha value is -3.08. The predicted octanol–water partition coefficient (Wildman–Crippen LogP) is 6.03. The van der Waals surface area contributed by atoms with Gasteiger partial charge in [0.25, 0.3) is 0 Å². The summed E-state index contributed by atoms with van der Waals surface area (Å²) in [6.45, 7) is 12.1. The molecule has 1 heterocycles. The van der Waals surface area contributed by atoms with E-state index in [1.165, 1.54) is 11.1 Å². The van der Waals surface area contributed by atoms with Crippen LogP contribution in [0.1, 0.15) is 63.8 Å². The normalized spacial score (nSPS) is 12.0. The van der Waals surface area contributed by atoms with E-state index >= 15 is 0 Å². The van der Waals surface area contributed by atoms with E-state index in [1.54, 1.807) is 6.92 Å². The van der Waals surface area contributed by atoms with Crippen molar-refractivity contribution in [3.05, 3.63) is 72.1 Å². The smallest absolute Gasteiger partial charge is 0.246 e. The van der Waals surface area contributed by atoms with Crippen molar-refractivity contribution in [3.63, 3.8) is 0 Å². The first kappa shape index (κ1) is 24.6.